The van der Waals surface area contributed by atoms with E-state index in [9.17, 15) is 0 Å². The van der Waals surface area contributed by atoms with Gasteiger partial charge in [-0.2, -0.15) is 0 Å². The maximum atomic E-state index is 3.47. The highest BCUT2D eigenvalue weighted by Gasteiger charge is 2.10. The second kappa shape index (κ2) is 8.15. The monoisotopic (exact) mass is 248 g/mol. The van der Waals surface area contributed by atoms with Crippen molar-refractivity contribution in [2.45, 2.75) is 40.2 Å². The first kappa shape index (κ1) is 15.0. The summed E-state index contributed by atoms with van der Waals surface area (Å²) in [6.07, 6.45) is 1.19. The summed E-state index contributed by atoms with van der Waals surface area (Å²) in [6.45, 7) is 12.6. The highest BCUT2D eigenvalue weighted by atomic mass is 15.1. The Balaban J connectivity index is 2.23. The maximum absolute atomic E-state index is 3.47. The molecule has 0 aliphatic heterocycles. The van der Waals surface area contributed by atoms with Gasteiger partial charge in [-0.05, 0) is 38.3 Å². The third kappa shape index (κ3) is 6.06. The van der Waals surface area contributed by atoms with E-state index in [1.54, 1.807) is 0 Å². The second-order valence-electron chi connectivity index (χ2n) is 5.63. The summed E-state index contributed by atoms with van der Waals surface area (Å²) >= 11 is 0. The molecule has 0 saturated carbocycles. The fourth-order valence-corrected chi connectivity index (χ4v) is 2.10. The first-order chi connectivity index (χ1) is 8.59. The van der Waals surface area contributed by atoms with Crippen molar-refractivity contribution in [3.63, 3.8) is 0 Å². The van der Waals surface area contributed by atoms with Crippen molar-refractivity contribution in [3.05, 3.63) is 30.3 Å². The van der Waals surface area contributed by atoms with Gasteiger partial charge in [0.15, 0.2) is 0 Å². The molecule has 0 amide bonds. The van der Waals surface area contributed by atoms with Gasteiger partial charge >= 0.3 is 0 Å². The van der Waals surface area contributed by atoms with Gasteiger partial charge in [0.2, 0.25) is 0 Å². The molecule has 2 heteroatoms. The van der Waals surface area contributed by atoms with Crippen LogP contribution in [0.3, 0.4) is 0 Å². The molecule has 0 aliphatic rings. The van der Waals surface area contributed by atoms with Crippen LogP contribution in [0, 0.1) is 5.92 Å². The molecule has 0 spiro atoms. The molecule has 18 heavy (non-hydrogen) atoms. The van der Waals surface area contributed by atoms with E-state index < -0.39 is 0 Å². The Hall–Kier alpha value is -1.02. The molecular weight excluding hydrogens is 220 g/mol. The summed E-state index contributed by atoms with van der Waals surface area (Å²) in [5.74, 6) is 0.745. The van der Waals surface area contributed by atoms with E-state index >= 15 is 0 Å². The van der Waals surface area contributed by atoms with Gasteiger partial charge < -0.3 is 10.2 Å². The number of rotatable bonds is 8. The number of hydrogen-bond donors (Lipinski definition) is 1. The van der Waals surface area contributed by atoms with Crippen molar-refractivity contribution in [1.29, 1.82) is 0 Å². The minimum absolute atomic E-state index is 0.643. The van der Waals surface area contributed by atoms with E-state index in [-0.39, 0.29) is 0 Å². The minimum Gasteiger partial charge on any atom is -0.385 e. The molecular formula is C16H28N2. The van der Waals surface area contributed by atoms with Crippen LogP contribution in [0.1, 0.15) is 34.1 Å². The molecule has 0 radical (unpaired) electrons. The second-order valence-corrected chi connectivity index (χ2v) is 5.63. The maximum Gasteiger partial charge on any atom is 0.0340 e. The Labute approximate surface area is 112 Å². The largest absolute Gasteiger partial charge is 0.385 e. The summed E-state index contributed by atoms with van der Waals surface area (Å²) in [6, 6.07) is 11.1. The van der Waals surface area contributed by atoms with Gasteiger partial charge in [0.1, 0.15) is 0 Å². The number of hydrogen-bond acceptors (Lipinski definition) is 2. The van der Waals surface area contributed by atoms with E-state index in [0.717, 1.165) is 12.5 Å². The van der Waals surface area contributed by atoms with Gasteiger partial charge in [-0.3, -0.25) is 0 Å². The van der Waals surface area contributed by atoms with E-state index in [1.807, 2.05) is 6.07 Å². The first-order valence-corrected chi connectivity index (χ1v) is 7.12. The number of anilines is 1. The normalized spacial score (nSPS) is 11.5. The summed E-state index contributed by atoms with van der Waals surface area (Å²) in [5, 5.41) is 3.47. The van der Waals surface area contributed by atoms with Crippen LogP contribution in [0.25, 0.3) is 0 Å². The van der Waals surface area contributed by atoms with Gasteiger partial charge in [-0.1, -0.05) is 32.0 Å². The van der Waals surface area contributed by atoms with Crippen LogP contribution in [0.5, 0.6) is 0 Å². The third-order valence-electron chi connectivity index (χ3n) is 3.05. The molecule has 0 bridgehead atoms. The predicted molar refractivity (Wildman–Crippen MR) is 81.1 cm³/mol. The third-order valence-corrected chi connectivity index (χ3v) is 3.05. The molecule has 0 heterocycles. The molecule has 0 atom stereocenters. The molecule has 2 nitrogen and oxygen atoms in total. The Bertz CT molecular complexity index is 306. The van der Waals surface area contributed by atoms with Gasteiger partial charge in [0.05, 0.1) is 0 Å². The predicted octanol–water partition coefficient (Wildman–Crippen LogP) is 3.86. The van der Waals surface area contributed by atoms with Crippen molar-refractivity contribution in [3.8, 4) is 0 Å². The molecule has 1 N–H and O–H groups in total. The zero-order chi connectivity index (χ0) is 13.4. The summed E-state index contributed by atoms with van der Waals surface area (Å²) in [7, 11) is 0. The van der Waals surface area contributed by atoms with Gasteiger partial charge in [-0.15, -0.1) is 0 Å². The van der Waals surface area contributed by atoms with Gasteiger partial charge in [0.25, 0.3) is 0 Å². The Morgan fingerprint density at radius 3 is 2.28 bits per heavy atom. The Morgan fingerprint density at radius 2 is 1.72 bits per heavy atom. The zero-order valence-electron chi connectivity index (χ0n) is 12.3. The molecule has 1 aromatic rings. The molecule has 0 unspecified atom stereocenters. The molecule has 0 aliphatic carbocycles. The Kier molecular flexibility index (Phi) is 6.81. The zero-order valence-corrected chi connectivity index (χ0v) is 12.3. The van der Waals surface area contributed by atoms with Crippen LogP contribution in [-0.2, 0) is 0 Å². The van der Waals surface area contributed by atoms with Crippen LogP contribution >= 0.6 is 0 Å². The van der Waals surface area contributed by atoms with Gasteiger partial charge in [0, 0.05) is 31.4 Å². The van der Waals surface area contributed by atoms with Crippen molar-refractivity contribution in [2.75, 3.05) is 25.0 Å². The van der Waals surface area contributed by atoms with Gasteiger partial charge in [-0.25, -0.2) is 0 Å². The van der Waals surface area contributed by atoms with E-state index in [1.165, 1.54) is 25.2 Å². The van der Waals surface area contributed by atoms with Crippen LogP contribution in [-0.4, -0.2) is 30.6 Å². The highest BCUT2D eigenvalue weighted by molar-refractivity contribution is 5.42. The topological polar surface area (TPSA) is 15.3 Å². The smallest absolute Gasteiger partial charge is 0.0340 e. The first-order valence-electron chi connectivity index (χ1n) is 7.12. The highest BCUT2D eigenvalue weighted by Crippen LogP contribution is 2.07. The van der Waals surface area contributed by atoms with Crippen LogP contribution in [0.4, 0.5) is 5.69 Å². The van der Waals surface area contributed by atoms with Crippen molar-refractivity contribution >= 4 is 5.69 Å². The summed E-state index contributed by atoms with van der Waals surface area (Å²) in [5.41, 5.74) is 1.22. The number of para-hydroxylation sites is 1. The molecule has 1 aromatic carbocycles. The molecule has 0 saturated heterocycles. The molecule has 0 fully saturated rings. The lowest BCUT2D eigenvalue weighted by atomic mass is 10.1. The van der Waals surface area contributed by atoms with E-state index in [2.05, 4.69) is 62.2 Å². The van der Waals surface area contributed by atoms with E-state index in [4.69, 9.17) is 0 Å². The summed E-state index contributed by atoms with van der Waals surface area (Å²) in [4.78, 5) is 2.57. The minimum atomic E-state index is 0.643. The Morgan fingerprint density at radius 1 is 1.06 bits per heavy atom. The van der Waals surface area contributed by atoms with Crippen LogP contribution < -0.4 is 5.32 Å². The average Bonchev–Trinajstić information content (AvgIpc) is 2.33. The lowest BCUT2D eigenvalue weighted by Crippen LogP contribution is -2.35. The molecule has 1 rings (SSSR count). The number of nitrogens with one attached hydrogen (secondary N) is 1. The lowest BCUT2D eigenvalue weighted by molar-refractivity contribution is 0.197. The lowest BCUT2D eigenvalue weighted by Gasteiger charge is -2.28. The standard InChI is InChI=1S/C16H28N2/c1-14(2)13-18(15(3)4)12-8-11-17-16-9-6-5-7-10-16/h5-7,9-10,14-15,17H,8,11-13H2,1-4H3. The van der Waals surface area contributed by atoms with Crippen LogP contribution in [0.2, 0.25) is 0 Å². The van der Waals surface area contributed by atoms with Crippen molar-refractivity contribution in [1.82, 2.24) is 4.90 Å². The van der Waals surface area contributed by atoms with Crippen LogP contribution in [0.15, 0.2) is 30.3 Å². The molecule has 0 aromatic heterocycles. The number of benzene rings is 1. The number of nitrogens with zero attached hydrogens (tertiary/aromatic N) is 1. The van der Waals surface area contributed by atoms with E-state index in [0.29, 0.717) is 6.04 Å². The summed E-state index contributed by atoms with van der Waals surface area (Å²) < 4.78 is 0. The quantitative estimate of drug-likeness (QED) is 0.703. The fourth-order valence-electron chi connectivity index (χ4n) is 2.10. The average molecular weight is 248 g/mol. The van der Waals surface area contributed by atoms with Crippen molar-refractivity contribution < 1.29 is 0 Å². The SMILES string of the molecule is CC(C)CN(CCCNc1ccccc1)C(C)C. The molecule has 102 valence electrons. The van der Waals surface area contributed by atoms with Crippen molar-refractivity contribution in [2.24, 2.45) is 5.92 Å². The fraction of sp³-hybridized carbons (Fsp3) is 0.625.